The maximum absolute atomic E-state index is 10.9. The van der Waals surface area contributed by atoms with Crippen molar-refractivity contribution in [2.24, 2.45) is 5.14 Å². The molecule has 3 N–H and O–H groups in total. The third-order valence-corrected chi connectivity index (χ3v) is 4.07. The van der Waals surface area contributed by atoms with Crippen molar-refractivity contribution in [1.82, 2.24) is 24.2 Å². The summed E-state index contributed by atoms with van der Waals surface area (Å²) in [4.78, 5) is 12.2. The van der Waals surface area contributed by atoms with Crippen LogP contribution in [-0.2, 0) is 14.9 Å². The molecule has 0 aromatic carbocycles. The third-order valence-electron chi connectivity index (χ3n) is 3.22. The fourth-order valence-corrected chi connectivity index (χ4v) is 2.88. The first-order valence-corrected chi connectivity index (χ1v) is 8.12. The van der Waals surface area contributed by atoms with E-state index in [4.69, 9.17) is 21.5 Å². The maximum Gasteiger partial charge on any atom is 0.274 e. The Labute approximate surface area is 125 Å². The van der Waals surface area contributed by atoms with Crippen LogP contribution in [0.4, 0.5) is 0 Å². The highest BCUT2D eigenvalue weighted by atomic mass is 35.5. The van der Waals surface area contributed by atoms with Gasteiger partial charge in [0.15, 0.2) is 10.8 Å². The van der Waals surface area contributed by atoms with Gasteiger partial charge in [0.2, 0.25) is 0 Å². The summed E-state index contributed by atoms with van der Waals surface area (Å²) in [7, 11) is -3.71. The van der Waals surface area contributed by atoms with Crippen LogP contribution in [0.25, 0.3) is 11.2 Å². The third kappa shape index (κ3) is 3.14. The van der Waals surface area contributed by atoms with Gasteiger partial charge < -0.3 is 4.74 Å². The van der Waals surface area contributed by atoms with Crippen LogP contribution in [-0.4, -0.2) is 40.6 Å². The molecule has 2 atom stereocenters. The second-order valence-electron chi connectivity index (χ2n) is 4.67. The van der Waals surface area contributed by atoms with Crippen molar-refractivity contribution >= 4 is 33.0 Å². The predicted molar refractivity (Wildman–Crippen MR) is 74.6 cm³/mol. The van der Waals surface area contributed by atoms with E-state index in [2.05, 4.69) is 19.7 Å². The van der Waals surface area contributed by atoms with Crippen LogP contribution in [0, 0.1) is 0 Å². The zero-order valence-electron chi connectivity index (χ0n) is 10.8. The van der Waals surface area contributed by atoms with E-state index in [1.807, 2.05) is 0 Å². The van der Waals surface area contributed by atoms with Gasteiger partial charge in [0.1, 0.15) is 18.1 Å². The van der Waals surface area contributed by atoms with Crippen LogP contribution in [0.15, 0.2) is 12.7 Å². The molecule has 0 spiro atoms. The molecule has 114 valence electrons. The molecule has 2 aromatic rings. The quantitative estimate of drug-likeness (QED) is 0.756. The number of fused-ring (bicyclic) bond motifs is 1. The molecule has 0 saturated carbocycles. The number of nitrogens with two attached hydrogens (primary N) is 1. The predicted octanol–water partition coefficient (Wildman–Crippen LogP) is -0.0496. The molecule has 0 amide bonds. The van der Waals surface area contributed by atoms with Gasteiger partial charge in [-0.2, -0.15) is 13.1 Å². The average molecular weight is 333 g/mol. The number of rotatable bonds is 4. The number of hydrogen-bond acceptors (Lipinski definition) is 6. The van der Waals surface area contributed by atoms with Crippen LogP contribution in [0.1, 0.15) is 19.1 Å². The molecular weight excluding hydrogens is 320 g/mol. The van der Waals surface area contributed by atoms with Gasteiger partial charge in [0, 0.05) is 6.54 Å². The fourth-order valence-electron chi connectivity index (χ4n) is 2.28. The molecule has 3 heterocycles. The first-order chi connectivity index (χ1) is 9.94. The SMILES string of the molecule is NS(=O)(=O)NC[C@H]1CC[C@H](n2cnc3c(Cl)ncnc32)O1. The molecule has 1 aliphatic heterocycles. The Hall–Kier alpha value is -1.33. The Morgan fingerprint density at radius 2 is 2.24 bits per heavy atom. The molecule has 3 rings (SSSR count). The zero-order valence-corrected chi connectivity index (χ0v) is 12.4. The van der Waals surface area contributed by atoms with Crippen molar-refractivity contribution in [1.29, 1.82) is 0 Å². The molecular formula is C10H13ClN6O3S. The Kier molecular flexibility index (Phi) is 3.80. The molecule has 1 fully saturated rings. The van der Waals surface area contributed by atoms with Crippen molar-refractivity contribution in [2.45, 2.75) is 25.2 Å². The van der Waals surface area contributed by atoms with Crippen LogP contribution >= 0.6 is 11.6 Å². The van der Waals surface area contributed by atoms with E-state index >= 15 is 0 Å². The number of nitrogens with one attached hydrogen (secondary N) is 1. The van der Waals surface area contributed by atoms with Gasteiger partial charge in [-0.15, -0.1) is 0 Å². The lowest BCUT2D eigenvalue weighted by atomic mass is 10.2. The van der Waals surface area contributed by atoms with Crippen LogP contribution < -0.4 is 9.86 Å². The first kappa shape index (κ1) is 14.6. The maximum atomic E-state index is 10.9. The van der Waals surface area contributed by atoms with Gasteiger partial charge in [-0.05, 0) is 12.8 Å². The fraction of sp³-hybridized carbons (Fsp3) is 0.500. The molecule has 1 aliphatic rings. The van der Waals surface area contributed by atoms with Gasteiger partial charge in [-0.25, -0.2) is 20.1 Å². The molecule has 0 radical (unpaired) electrons. The highest BCUT2D eigenvalue weighted by Gasteiger charge is 2.28. The second-order valence-corrected chi connectivity index (χ2v) is 6.41. The van der Waals surface area contributed by atoms with E-state index in [9.17, 15) is 8.42 Å². The molecule has 0 aliphatic carbocycles. The highest BCUT2D eigenvalue weighted by molar-refractivity contribution is 7.87. The number of ether oxygens (including phenoxy) is 1. The lowest BCUT2D eigenvalue weighted by Crippen LogP contribution is -2.36. The van der Waals surface area contributed by atoms with E-state index in [1.165, 1.54) is 6.33 Å². The van der Waals surface area contributed by atoms with Gasteiger partial charge in [-0.1, -0.05) is 11.6 Å². The van der Waals surface area contributed by atoms with Crippen molar-refractivity contribution in [3.63, 3.8) is 0 Å². The summed E-state index contributed by atoms with van der Waals surface area (Å²) in [5.74, 6) is 0. The minimum Gasteiger partial charge on any atom is -0.353 e. The Morgan fingerprint density at radius 1 is 1.43 bits per heavy atom. The molecule has 0 bridgehead atoms. The van der Waals surface area contributed by atoms with E-state index in [1.54, 1.807) is 10.9 Å². The topological polar surface area (TPSA) is 125 Å². The molecule has 9 nitrogen and oxygen atoms in total. The second kappa shape index (κ2) is 5.46. The molecule has 1 saturated heterocycles. The van der Waals surface area contributed by atoms with E-state index in [0.717, 1.165) is 0 Å². The smallest absolute Gasteiger partial charge is 0.274 e. The van der Waals surface area contributed by atoms with E-state index in [0.29, 0.717) is 24.0 Å². The van der Waals surface area contributed by atoms with Gasteiger partial charge >= 0.3 is 0 Å². The molecule has 2 aromatic heterocycles. The standard InChI is InChI=1S/C10H13ClN6O3S/c11-9-8-10(14-4-13-9)17(5-15-8)7-2-1-6(20-7)3-16-21(12,18)19/h4-7,16H,1-3H2,(H2,12,18,19)/t6-,7-/m1/s1. The Morgan fingerprint density at radius 3 is 3.00 bits per heavy atom. The number of nitrogens with zero attached hydrogens (tertiary/aromatic N) is 4. The van der Waals surface area contributed by atoms with Crippen LogP contribution in [0.2, 0.25) is 5.15 Å². The Bertz CT molecular complexity index is 763. The molecule has 0 unspecified atom stereocenters. The lowest BCUT2D eigenvalue weighted by Gasteiger charge is -2.15. The van der Waals surface area contributed by atoms with E-state index in [-0.39, 0.29) is 24.0 Å². The first-order valence-electron chi connectivity index (χ1n) is 6.20. The van der Waals surface area contributed by atoms with Crippen molar-refractivity contribution in [2.75, 3.05) is 6.54 Å². The largest absolute Gasteiger partial charge is 0.353 e. The van der Waals surface area contributed by atoms with Gasteiger partial charge in [0.25, 0.3) is 10.2 Å². The highest BCUT2D eigenvalue weighted by Crippen LogP contribution is 2.30. The summed E-state index contributed by atoms with van der Waals surface area (Å²) >= 11 is 5.95. The van der Waals surface area contributed by atoms with Crippen molar-refractivity contribution < 1.29 is 13.2 Å². The molecule has 11 heteroatoms. The lowest BCUT2D eigenvalue weighted by molar-refractivity contribution is 0.00711. The van der Waals surface area contributed by atoms with E-state index < -0.39 is 10.2 Å². The van der Waals surface area contributed by atoms with Crippen LogP contribution in [0.5, 0.6) is 0 Å². The number of halogens is 1. The van der Waals surface area contributed by atoms with Crippen molar-refractivity contribution in [3.05, 3.63) is 17.8 Å². The number of hydrogen-bond donors (Lipinski definition) is 2. The summed E-state index contributed by atoms with van der Waals surface area (Å²) < 4.78 is 31.5. The normalized spacial score (nSPS) is 23.0. The minimum atomic E-state index is -3.71. The molecule has 21 heavy (non-hydrogen) atoms. The average Bonchev–Trinajstić information content (AvgIpc) is 3.02. The van der Waals surface area contributed by atoms with Gasteiger partial charge in [0.05, 0.1) is 12.4 Å². The monoisotopic (exact) mass is 332 g/mol. The minimum absolute atomic E-state index is 0.137. The summed E-state index contributed by atoms with van der Waals surface area (Å²) in [6.07, 6.45) is 3.84. The summed E-state index contributed by atoms with van der Waals surface area (Å²) in [6.45, 7) is 0.137. The van der Waals surface area contributed by atoms with Crippen LogP contribution in [0.3, 0.4) is 0 Å². The number of aromatic nitrogens is 4. The Balaban J connectivity index is 1.75. The number of imidazole rings is 1. The van der Waals surface area contributed by atoms with Crippen molar-refractivity contribution in [3.8, 4) is 0 Å². The van der Waals surface area contributed by atoms with Gasteiger partial charge in [-0.3, -0.25) is 4.57 Å². The summed E-state index contributed by atoms with van der Waals surface area (Å²) in [5.41, 5.74) is 1.09. The summed E-state index contributed by atoms with van der Waals surface area (Å²) in [5, 5.41) is 5.17. The summed E-state index contributed by atoms with van der Waals surface area (Å²) in [6, 6.07) is 0. The zero-order chi connectivity index (χ0) is 15.0.